The van der Waals surface area contributed by atoms with Crippen molar-refractivity contribution >= 4 is 21.8 Å². The maximum Gasteiger partial charge on any atom is 0.410 e. The van der Waals surface area contributed by atoms with Gasteiger partial charge in [0.15, 0.2) is 0 Å². The van der Waals surface area contributed by atoms with Gasteiger partial charge in [-0.25, -0.2) is 4.79 Å². The van der Waals surface area contributed by atoms with Crippen molar-refractivity contribution in [1.82, 2.24) is 9.88 Å². The second-order valence-electron chi connectivity index (χ2n) is 7.45. The lowest BCUT2D eigenvalue weighted by Gasteiger charge is -2.33. The summed E-state index contributed by atoms with van der Waals surface area (Å²) in [6, 6.07) is 3.63. The molecular formula is C18H26N2O5S. The molecule has 0 bridgehead atoms. The van der Waals surface area contributed by atoms with Crippen molar-refractivity contribution in [3.63, 3.8) is 0 Å². The number of hydrogen-bond acceptors (Lipinski definition) is 6. The van der Waals surface area contributed by atoms with E-state index in [1.54, 1.807) is 17.2 Å². The van der Waals surface area contributed by atoms with Crippen LogP contribution in [0.3, 0.4) is 0 Å². The van der Waals surface area contributed by atoms with Crippen molar-refractivity contribution in [3.8, 4) is 0 Å². The van der Waals surface area contributed by atoms with Gasteiger partial charge >= 0.3 is 6.09 Å². The van der Waals surface area contributed by atoms with E-state index in [0.29, 0.717) is 18.8 Å². The fourth-order valence-electron chi connectivity index (χ4n) is 2.64. The first-order valence-electron chi connectivity index (χ1n) is 8.42. The van der Waals surface area contributed by atoms with Gasteiger partial charge in [-0.15, -0.1) is 0 Å². The highest BCUT2D eigenvalue weighted by molar-refractivity contribution is 7.85. The second kappa shape index (κ2) is 7.75. The number of hydrogen-bond donors (Lipinski definition) is 0. The van der Waals surface area contributed by atoms with E-state index in [2.05, 4.69) is 4.98 Å². The molecule has 1 unspecified atom stereocenters. The Kier molecular flexibility index (Phi) is 6.08. The van der Waals surface area contributed by atoms with Crippen LogP contribution < -0.4 is 0 Å². The average Bonchev–Trinajstić information content (AvgIpc) is 2.51. The van der Waals surface area contributed by atoms with Gasteiger partial charge in [0, 0.05) is 19.3 Å². The predicted octanol–water partition coefficient (Wildman–Crippen LogP) is 2.83. The normalized spacial score (nSPS) is 18.4. The summed E-state index contributed by atoms with van der Waals surface area (Å²) in [5.41, 5.74) is 2.08. The smallest absolute Gasteiger partial charge is 0.410 e. The van der Waals surface area contributed by atoms with Crippen molar-refractivity contribution in [2.24, 2.45) is 5.92 Å². The minimum absolute atomic E-state index is 0.0832. The van der Waals surface area contributed by atoms with E-state index in [-0.39, 0.29) is 18.6 Å². The molecule has 0 aliphatic carbocycles. The summed E-state index contributed by atoms with van der Waals surface area (Å²) in [7, 11) is -3.49. The number of amides is 1. The van der Waals surface area contributed by atoms with Gasteiger partial charge in [0.1, 0.15) is 12.2 Å². The van der Waals surface area contributed by atoms with E-state index in [1.165, 1.54) is 0 Å². The van der Waals surface area contributed by atoms with Gasteiger partial charge in [0.25, 0.3) is 10.1 Å². The summed E-state index contributed by atoms with van der Waals surface area (Å²) in [4.78, 5) is 18.1. The topological polar surface area (TPSA) is 85.8 Å². The molecule has 8 heteroatoms. The van der Waals surface area contributed by atoms with Crippen LogP contribution in [0.5, 0.6) is 0 Å². The SMILES string of the molecule is CC1CN(C(=O)OC(C)(C)C)CC=C1c1ccc(COS(C)(=O)=O)nc1. The highest BCUT2D eigenvalue weighted by Gasteiger charge is 2.27. The Bertz CT molecular complexity index is 779. The monoisotopic (exact) mass is 382 g/mol. The van der Waals surface area contributed by atoms with Crippen LogP contribution in [0.25, 0.3) is 5.57 Å². The number of nitrogens with zero attached hydrogens (tertiary/aromatic N) is 2. The van der Waals surface area contributed by atoms with Gasteiger partial charge in [0.05, 0.1) is 11.9 Å². The number of aromatic nitrogens is 1. The Balaban J connectivity index is 2.04. The molecule has 1 amide bonds. The zero-order valence-corrected chi connectivity index (χ0v) is 16.7. The summed E-state index contributed by atoms with van der Waals surface area (Å²) in [6.07, 6.45) is 4.40. The molecule has 0 radical (unpaired) electrons. The van der Waals surface area contributed by atoms with Gasteiger partial charge in [-0.05, 0) is 43.9 Å². The summed E-state index contributed by atoms with van der Waals surface area (Å²) < 4.78 is 32.2. The molecule has 0 saturated heterocycles. The summed E-state index contributed by atoms with van der Waals surface area (Å²) in [5.74, 6) is 0.135. The van der Waals surface area contributed by atoms with Crippen LogP contribution in [0.1, 0.15) is 39.0 Å². The molecule has 0 N–H and O–H groups in total. The van der Waals surface area contributed by atoms with Gasteiger partial charge in [-0.2, -0.15) is 8.42 Å². The first-order valence-corrected chi connectivity index (χ1v) is 10.2. The molecule has 7 nitrogen and oxygen atoms in total. The molecule has 0 aromatic carbocycles. The summed E-state index contributed by atoms with van der Waals surface area (Å²) >= 11 is 0. The molecule has 144 valence electrons. The second-order valence-corrected chi connectivity index (χ2v) is 9.09. The van der Waals surface area contributed by atoms with Crippen LogP contribution in [0.4, 0.5) is 4.79 Å². The average molecular weight is 382 g/mol. The Morgan fingerprint density at radius 2 is 2.04 bits per heavy atom. The number of carbonyl (C=O) groups excluding carboxylic acids is 1. The highest BCUT2D eigenvalue weighted by atomic mass is 32.2. The van der Waals surface area contributed by atoms with E-state index < -0.39 is 15.7 Å². The number of rotatable bonds is 4. The Morgan fingerprint density at radius 1 is 1.35 bits per heavy atom. The van der Waals surface area contributed by atoms with Gasteiger partial charge in [-0.1, -0.05) is 19.1 Å². The zero-order valence-electron chi connectivity index (χ0n) is 15.9. The molecule has 0 fully saturated rings. The molecule has 2 rings (SSSR count). The van der Waals surface area contributed by atoms with Crippen LogP contribution in [0.15, 0.2) is 24.4 Å². The maximum absolute atomic E-state index is 12.2. The molecule has 1 aromatic rings. The van der Waals surface area contributed by atoms with Crippen LogP contribution in [0, 0.1) is 5.92 Å². The van der Waals surface area contributed by atoms with Gasteiger partial charge < -0.3 is 9.64 Å². The van der Waals surface area contributed by atoms with E-state index >= 15 is 0 Å². The van der Waals surface area contributed by atoms with Crippen molar-refractivity contribution in [3.05, 3.63) is 35.7 Å². The number of pyridine rings is 1. The highest BCUT2D eigenvalue weighted by Crippen LogP contribution is 2.28. The molecule has 0 saturated carbocycles. The molecule has 26 heavy (non-hydrogen) atoms. The first-order chi connectivity index (χ1) is 11.9. The number of carbonyl (C=O) groups is 1. The van der Waals surface area contributed by atoms with E-state index in [1.807, 2.05) is 39.8 Å². The lowest BCUT2D eigenvalue weighted by Crippen LogP contribution is -2.41. The molecule has 0 spiro atoms. The van der Waals surface area contributed by atoms with Crippen molar-refractivity contribution in [2.75, 3.05) is 19.3 Å². The Labute approximate surface area is 155 Å². The third kappa shape index (κ3) is 6.10. The molecular weight excluding hydrogens is 356 g/mol. The van der Waals surface area contributed by atoms with Crippen LogP contribution in [-0.4, -0.2) is 49.3 Å². The molecule has 1 aliphatic rings. The Hall–Kier alpha value is -1.93. The van der Waals surface area contributed by atoms with Gasteiger partial charge in [0.2, 0.25) is 0 Å². The standard InChI is InChI=1S/C18H26N2O5S/c1-13-11-20(17(21)25-18(2,3)4)9-8-16(13)14-6-7-15(19-10-14)12-24-26(5,22)23/h6-8,10,13H,9,11-12H2,1-5H3. The summed E-state index contributed by atoms with van der Waals surface area (Å²) in [5, 5.41) is 0. The zero-order chi connectivity index (χ0) is 19.5. The fraction of sp³-hybridized carbons (Fsp3) is 0.556. The largest absolute Gasteiger partial charge is 0.444 e. The van der Waals surface area contributed by atoms with Crippen molar-refractivity contribution in [1.29, 1.82) is 0 Å². The molecule has 1 aliphatic heterocycles. The van der Waals surface area contributed by atoms with Crippen molar-refractivity contribution < 1.29 is 22.1 Å². The van der Waals surface area contributed by atoms with Gasteiger partial charge in [-0.3, -0.25) is 9.17 Å². The number of ether oxygens (including phenoxy) is 1. The molecule has 1 aromatic heterocycles. The molecule has 1 atom stereocenters. The lowest BCUT2D eigenvalue weighted by molar-refractivity contribution is 0.0251. The van der Waals surface area contributed by atoms with Crippen LogP contribution >= 0.6 is 0 Å². The van der Waals surface area contributed by atoms with Crippen LogP contribution in [-0.2, 0) is 25.6 Å². The van der Waals surface area contributed by atoms with E-state index in [0.717, 1.165) is 17.4 Å². The minimum Gasteiger partial charge on any atom is -0.444 e. The predicted molar refractivity (Wildman–Crippen MR) is 98.8 cm³/mol. The fourth-order valence-corrected chi connectivity index (χ4v) is 2.97. The maximum atomic E-state index is 12.2. The minimum atomic E-state index is -3.49. The Morgan fingerprint density at radius 3 is 2.54 bits per heavy atom. The molecule has 2 heterocycles. The lowest BCUT2D eigenvalue weighted by atomic mass is 9.91. The van der Waals surface area contributed by atoms with E-state index in [4.69, 9.17) is 8.92 Å². The van der Waals surface area contributed by atoms with Crippen LogP contribution in [0.2, 0.25) is 0 Å². The third-order valence-electron chi connectivity index (χ3n) is 3.79. The third-order valence-corrected chi connectivity index (χ3v) is 4.33. The van der Waals surface area contributed by atoms with E-state index in [9.17, 15) is 13.2 Å². The van der Waals surface area contributed by atoms with Crippen molar-refractivity contribution in [2.45, 2.75) is 39.9 Å². The quantitative estimate of drug-likeness (QED) is 0.745. The summed E-state index contributed by atoms with van der Waals surface area (Å²) in [6.45, 7) is 8.55. The first kappa shape index (κ1) is 20.4.